The number of rotatable bonds is 0. The van der Waals surface area contributed by atoms with E-state index in [1.54, 1.807) is 5.57 Å². The van der Waals surface area contributed by atoms with Crippen molar-refractivity contribution in [2.24, 2.45) is 28.6 Å². The van der Waals surface area contributed by atoms with Gasteiger partial charge in [-0.15, -0.1) is 0 Å². The van der Waals surface area contributed by atoms with E-state index in [0.717, 1.165) is 30.4 Å². The van der Waals surface area contributed by atoms with Gasteiger partial charge in [-0.3, -0.25) is 0 Å². The highest BCUT2D eigenvalue weighted by molar-refractivity contribution is 5.57. The van der Waals surface area contributed by atoms with E-state index >= 15 is 0 Å². The molecule has 0 spiro atoms. The number of aromatic nitrogens is 1. The first kappa shape index (κ1) is 15.2. The lowest BCUT2D eigenvalue weighted by Gasteiger charge is -2.58. The van der Waals surface area contributed by atoms with Gasteiger partial charge >= 0.3 is 0 Å². The molecule has 1 N–H and O–H groups in total. The Hall–Kier alpha value is -1.09. The zero-order chi connectivity index (χ0) is 16.7. The topological polar surface area (TPSA) is 46.3 Å². The lowest BCUT2D eigenvalue weighted by molar-refractivity contribution is -0.116. The van der Waals surface area contributed by atoms with Crippen molar-refractivity contribution >= 4 is 6.08 Å². The van der Waals surface area contributed by atoms with Gasteiger partial charge in [0.1, 0.15) is 0 Å². The van der Waals surface area contributed by atoms with Crippen LogP contribution in [0.4, 0.5) is 0 Å². The van der Waals surface area contributed by atoms with Gasteiger partial charge in [0.2, 0.25) is 0 Å². The maximum absolute atomic E-state index is 11.0. The molecule has 5 rings (SSSR count). The second-order valence-corrected chi connectivity index (χ2v) is 9.66. The van der Waals surface area contributed by atoms with Crippen molar-refractivity contribution in [1.29, 1.82) is 0 Å². The smallest absolute Gasteiger partial charge is 0.162 e. The minimum absolute atomic E-state index is 0.114. The Labute approximate surface area is 144 Å². The molecular weight excluding hydrogens is 298 g/mol. The van der Waals surface area contributed by atoms with Crippen LogP contribution < -0.4 is 0 Å². The Morgan fingerprint density at radius 1 is 1.12 bits per heavy atom. The van der Waals surface area contributed by atoms with E-state index in [1.165, 1.54) is 37.7 Å². The highest BCUT2D eigenvalue weighted by Gasteiger charge is 2.62. The first-order chi connectivity index (χ1) is 11.4. The Bertz CT molecular complexity index is 717. The number of fused-ring (bicyclic) bond motifs is 6. The Morgan fingerprint density at radius 2 is 1.92 bits per heavy atom. The number of allylic oxidation sites excluding steroid dienone is 1. The molecule has 1 aromatic heterocycles. The zero-order valence-corrected chi connectivity index (χ0v) is 15.1. The monoisotopic (exact) mass is 327 g/mol. The predicted molar refractivity (Wildman–Crippen MR) is 93.2 cm³/mol. The van der Waals surface area contributed by atoms with Gasteiger partial charge in [0.15, 0.2) is 5.76 Å². The largest absolute Gasteiger partial charge is 0.390 e. The number of nitrogens with zero attached hydrogens (tertiary/aromatic N) is 1. The van der Waals surface area contributed by atoms with E-state index in [9.17, 15) is 5.11 Å². The average Bonchev–Trinajstić information content (AvgIpc) is 3.06. The summed E-state index contributed by atoms with van der Waals surface area (Å²) < 4.78 is 5.44. The van der Waals surface area contributed by atoms with Gasteiger partial charge < -0.3 is 9.63 Å². The molecule has 130 valence electrons. The van der Waals surface area contributed by atoms with Crippen molar-refractivity contribution in [3.8, 4) is 0 Å². The van der Waals surface area contributed by atoms with Crippen LogP contribution in [-0.4, -0.2) is 15.9 Å². The maximum Gasteiger partial charge on any atom is 0.162 e. The van der Waals surface area contributed by atoms with Crippen LogP contribution in [0.5, 0.6) is 0 Å². The van der Waals surface area contributed by atoms with Gasteiger partial charge in [0, 0.05) is 5.56 Å². The summed E-state index contributed by atoms with van der Waals surface area (Å²) in [7, 11) is 0. The van der Waals surface area contributed by atoms with Crippen molar-refractivity contribution in [1.82, 2.24) is 5.16 Å². The van der Waals surface area contributed by atoms with E-state index in [-0.39, 0.29) is 10.8 Å². The summed E-state index contributed by atoms with van der Waals surface area (Å²) in [5, 5.41) is 15.0. The summed E-state index contributed by atoms with van der Waals surface area (Å²) >= 11 is 0. The van der Waals surface area contributed by atoms with Gasteiger partial charge in [-0.25, -0.2) is 0 Å². The molecule has 4 aliphatic rings. The van der Waals surface area contributed by atoms with E-state index in [1.807, 2.05) is 6.20 Å². The Balaban J connectivity index is 1.53. The van der Waals surface area contributed by atoms with Crippen molar-refractivity contribution in [3.63, 3.8) is 0 Å². The highest BCUT2D eigenvalue weighted by atomic mass is 16.5. The van der Waals surface area contributed by atoms with Crippen LogP contribution in [0.1, 0.15) is 70.6 Å². The van der Waals surface area contributed by atoms with Crippen LogP contribution in [0.2, 0.25) is 0 Å². The van der Waals surface area contributed by atoms with Crippen molar-refractivity contribution in [2.45, 2.75) is 71.3 Å². The zero-order valence-electron chi connectivity index (χ0n) is 15.1. The van der Waals surface area contributed by atoms with Gasteiger partial charge in [0.05, 0.1) is 11.8 Å². The molecule has 0 amide bonds. The second-order valence-electron chi connectivity index (χ2n) is 9.66. The van der Waals surface area contributed by atoms with Crippen LogP contribution >= 0.6 is 0 Å². The van der Waals surface area contributed by atoms with Crippen LogP contribution in [0.15, 0.2) is 16.3 Å². The summed E-state index contributed by atoms with van der Waals surface area (Å²) in [6.07, 6.45) is 12.4. The number of hydrogen-bond acceptors (Lipinski definition) is 3. The fourth-order valence-electron chi connectivity index (χ4n) is 7.13. The van der Waals surface area contributed by atoms with E-state index in [2.05, 4.69) is 32.0 Å². The molecule has 3 heteroatoms. The van der Waals surface area contributed by atoms with Gasteiger partial charge in [-0.1, -0.05) is 24.6 Å². The molecule has 0 saturated heterocycles. The third-order valence-electron chi connectivity index (χ3n) is 8.84. The normalized spacial score (nSPS) is 49.7. The quantitative estimate of drug-likeness (QED) is 0.757. The summed E-state index contributed by atoms with van der Waals surface area (Å²) in [4.78, 5) is 0. The third kappa shape index (κ3) is 1.70. The lowest BCUT2D eigenvalue weighted by Crippen LogP contribution is -2.54. The highest BCUT2D eigenvalue weighted by Crippen LogP contribution is 2.67. The molecule has 3 fully saturated rings. The number of aliphatic hydroxyl groups is 1. The van der Waals surface area contributed by atoms with E-state index < -0.39 is 5.60 Å². The Kier molecular flexibility index (Phi) is 2.88. The molecular formula is C21H29NO2. The van der Waals surface area contributed by atoms with Crippen molar-refractivity contribution in [2.75, 3.05) is 0 Å². The molecule has 3 nitrogen and oxygen atoms in total. The fourth-order valence-corrected chi connectivity index (χ4v) is 7.13. The first-order valence-electron chi connectivity index (χ1n) is 9.72. The predicted octanol–water partition coefficient (Wildman–Crippen LogP) is 4.61. The molecule has 1 aromatic rings. The summed E-state index contributed by atoms with van der Waals surface area (Å²) in [6.45, 7) is 6.95. The lowest BCUT2D eigenvalue weighted by atomic mass is 9.46. The van der Waals surface area contributed by atoms with E-state index in [0.29, 0.717) is 5.92 Å². The van der Waals surface area contributed by atoms with Crippen molar-refractivity contribution < 1.29 is 9.63 Å². The average molecular weight is 327 g/mol. The molecule has 1 heterocycles. The molecule has 0 aliphatic heterocycles. The molecule has 0 radical (unpaired) electrons. The molecule has 6 atom stereocenters. The van der Waals surface area contributed by atoms with Crippen LogP contribution in [0.25, 0.3) is 6.08 Å². The molecule has 3 saturated carbocycles. The Morgan fingerprint density at radius 3 is 2.75 bits per heavy atom. The maximum atomic E-state index is 11.0. The minimum Gasteiger partial charge on any atom is -0.390 e. The van der Waals surface area contributed by atoms with Gasteiger partial charge in [-0.2, -0.15) is 0 Å². The van der Waals surface area contributed by atoms with Gasteiger partial charge in [0.25, 0.3) is 0 Å². The molecule has 4 aliphatic carbocycles. The van der Waals surface area contributed by atoms with Crippen LogP contribution in [0, 0.1) is 28.6 Å². The molecule has 24 heavy (non-hydrogen) atoms. The van der Waals surface area contributed by atoms with Gasteiger partial charge in [-0.05, 0) is 86.5 Å². The number of hydrogen-bond donors (Lipinski definition) is 1. The minimum atomic E-state index is -0.478. The van der Waals surface area contributed by atoms with Crippen LogP contribution in [-0.2, 0) is 6.42 Å². The summed E-state index contributed by atoms with van der Waals surface area (Å²) in [5.74, 6) is 3.19. The third-order valence-corrected chi connectivity index (χ3v) is 8.84. The first-order valence-corrected chi connectivity index (χ1v) is 9.72. The summed E-state index contributed by atoms with van der Waals surface area (Å²) in [5.41, 5.74) is 2.77. The standard InChI is InChI=1S/C21H29NO2/c1-19-11-13-12-22-24-18(13)10-14(19)4-5-15-16(19)6-8-20(2)17(15)7-9-21(20,3)23/h10,12,15-17,23H,4-9,11H2,1-3H3/t15-,16+,17+,19+,20+,21+/m1/s1. The van der Waals surface area contributed by atoms with Crippen molar-refractivity contribution in [3.05, 3.63) is 23.1 Å². The fraction of sp³-hybridized carbons (Fsp3) is 0.762. The second kappa shape index (κ2) is 4.55. The van der Waals surface area contributed by atoms with Crippen LogP contribution in [0.3, 0.4) is 0 Å². The summed E-state index contributed by atoms with van der Waals surface area (Å²) in [6, 6.07) is 0. The molecule has 0 bridgehead atoms. The molecule has 0 unspecified atom stereocenters. The van der Waals surface area contributed by atoms with E-state index in [4.69, 9.17) is 4.52 Å². The SMILES string of the molecule is C[C@]12Cc3cnoc3C=C1CC[C@@H]1[C@@H]2CC[C@@]2(C)[C@H]1CC[C@]2(C)O. The molecule has 0 aromatic carbocycles.